The molecule has 0 heterocycles. The molecule has 0 bridgehead atoms. The van der Waals surface area contributed by atoms with Crippen molar-refractivity contribution in [2.45, 2.75) is 37.0 Å². The first-order valence-electron chi connectivity index (χ1n) is 5.55. The van der Waals surface area contributed by atoms with E-state index >= 15 is 0 Å². The van der Waals surface area contributed by atoms with Gasteiger partial charge in [-0.05, 0) is 39.0 Å². The molecule has 1 amide bonds. The molecule has 0 saturated carbocycles. The summed E-state index contributed by atoms with van der Waals surface area (Å²) in [5.41, 5.74) is 0. The van der Waals surface area contributed by atoms with E-state index in [9.17, 15) is 13.2 Å². The van der Waals surface area contributed by atoms with Gasteiger partial charge in [-0.2, -0.15) is 0 Å². The molecule has 6 heteroatoms. The number of rotatable bonds is 4. The van der Waals surface area contributed by atoms with Crippen LogP contribution in [0.2, 0.25) is 0 Å². The van der Waals surface area contributed by atoms with Gasteiger partial charge in [0.1, 0.15) is 5.25 Å². The number of benzene rings is 1. The third kappa shape index (κ3) is 3.55. The Balaban J connectivity index is 3.04. The molecule has 0 fully saturated rings. The Morgan fingerprint density at radius 1 is 1.28 bits per heavy atom. The summed E-state index contributed by atoms with van der Waals surface area (Å²) < 4.78 is 25.1. The lowest BCUT2D eigenvalue weighted by Crippen LogP contribution is -2.41. The number of carbonyl (C=O) groups excluding carboxylic acids is 1. The van der Waals surface area contributed by atoms with Crippen LogP contribution in [0, 0.1) is 0 Å². The van der Waals surface area contributed by atoms with Crippen molar-refractivity contribution < 1.29 is 13.2 Å². The second kappa shape index (κ2) is 5.84. The molecule has 0 aliphatic carbocycles. The topological polar surface area (TPSA) is 63.2 Å². The van der Waals surface area contributed by atoms with E-state index in [0.29, 0.717) is 4.47 Å². The van der Waals surface area contributed by atoms with Gasteiger partial charge in [0.25, 0.3) is 0 Å². The maximum atomic E-state index is 12.2. The highest BCUT2D eigenvalue weighted by Crippen LogP contribution is 2.20. The lowest BCUT2D eigenvalue weighted by atomic mass is 10.3. The highest BCUT2D eigenvalue weighted by Gasteiger charge is 2.29. The van der Waals surface area contributed by atoms with Crippen molar-refractivity contribution in [3.05, 3.63) is 28.7 Å². The minimum Gasteiger partial charge on any atom is -0.353 e. The predicted molar refractivity (Wildman–Crippen MR) is 74.1 cm³/mol. The van der Waals surface area contributed by atoms with E-state index in [4.69, 9.17) is 0 Å². The highest BCUT2D eigenvalue weighted by molar-refractivity contribution is 9.10. The lowest BCUT2D eigenvalue weighted by molar-refractivity contribution is -0.120. The Bertz CT molecular complexity index is 540. The van der Waals surface area contributed by atoms with E-state index < -0.39 is 21.0 Å². The molecular formula is C12H16BrNO3S. The SMILES string of the molecule is CC(C)NC(=O)C(C)S(=O)(=O)c1cccc(Br)c1. The summed E-state index contributed by atoms with van der Waals surface area (Å²) in [4.78, 5) is 11.9. The van der Waals surface area contributed by atoms with Crippen molar-refractivity contribution in [3.63, 3.8) is 0 Å². The summed E-state index contributed by atoms with van der Waals surface area (Å²) in [5.74, 6) is -0.482. The first-order valence-corrected chi connectivity index (χ1v) is 7.89. The van der Waals surface area contributed by atoms with E-state index in [1.165, 1.54) is 19.1 Å². The molecular weight excluding hydrogens is 318 g/mol. The number of nitrogens with one attached hydrogen (secondary N) is 1. The monoisotopic (exact) mass is 333 g/mol. The fourth-order valence-corrected chi connectivity index (χ4v) is 3.26. The van der Waals surface area contributed by atoms with Crippen molar-refractivity contribution in [3.8, 4) is 0 Å². The summed E-state index contributed by atoms with van der Waals surface area (Å²) in [6, 6.07) is 6.26. The van der Waals surface area contributed by atoms with Gasteiger partial charge in [0.05, 0.1) is 4.90 Å². The third-order valence-electron chi connectivity index (χ3n) is 2.39. The predicted octanol–water partition coefficient (Wildman–Crippen LogP) is 2.14. The van der Waals surface area contributed by atoms with Gasteiger partial charge in [-0.3, -0.25) is 4.79 Å². The first-order chi connectivity index (χ1) is 8.25. The molecule has 1 aromatic rings. The number of hydrogen-bond donors (Lipinski definition) is 1. The van der Waals surface area contributed by atoms with E-state index in [2.05, 4.69) is 21.2 Å². The molecule has 0 spiro atoms. The second-order valence-corrected chi connectivity index (χ2v) is 7.49. The summed E-state index contributed by atoms with van der Waals surface area (Å²) in [5, 5.41) is 1.50. The van der Waals surface area contributed by atoms with Gasteiger partial charge in [-0.15, -0.1) is 0 Å². The molecule has 0 aromatic heterocycles. The fourth-order valence-electron chi connectivity index (χ4n) is 1.39. The second-order valence-electron chi connectivity index (χ2n) is 4.31. The minimum atomic E-state index is -3.65. The van der Waals surface area contributed by atoms with E-state index in [1.807, 2.05) is 0 Å². The van der Waals surface area contributed by atoms with Crippen LogP contribution in [-0.4, -0.2) is 25.6 Å². The molecule has 18 heavy (non-hydrogen) atoms. The van der Waals surface area contributed by atoms with E-state index in [0.717, 1.165) is 0 Å². The van der Waals surface area contributed by atoms with Crippen LogP contribution in [-0.2, 0) is 14.6 Å². The standard InChI is InChI=1S/C12H16BrNO3S/c1-8(2)14-12(15)9(3)18(16,17)11-6-4-5-10(13)7-11/h4-9H,1-3H3,(H,14,15). The largest absolute Gasteiger partial charge is 0.353 e. The average molecular weight is 334 g/mol. The number of hydrogen-bond acceptors (Lipinski definition) is 3. The van der Waals surface area contributed by atoms with Crippen LogP contribution in [0.4, 0.5) is 0 Å². The summed E-state index contributed by atoms with van der Waals surface area (Å²) in [6.45, 7) is 4.97. The summed E-state index contributed by atoms with van der Waals surface area (Å²) in [6.07, 6.45) is 0. The Hall–Kier alpha value is -0.880. The molecule has 1 atom stereocenters. The van der Waals surface area contributed by atoms with Crippen LogP contribution < -0.4 is 5.32 Å². The molecule has 100 valence electrons. The summed E-state index contributed by atoms with van der Waals surface area (Å²) >= 11 is 3.22. The number of carbonyl (C=O) groups is 1. The van der Waals surface area contributed by atoms with Gasteiger partial charge in [-0.25, -0.2) is 8.42 Å². The Kier molecular flexibility index (Phi) is 4.92. The Morgan fingerprint density at radius 3 is 2.39 bits per heavy atom. The first kappa shape index (κ1) is 15.2. The molecule has 0 saturated heterocycles. The van der Waals surface area contributed by atoms with Crippen LogP contribution in [0.25, 0.3) is 0 Å². The number of sulfone groups is 1. The van der Waals surface area contributed by atoms with Crippen molar-refractivity contribution in [2.75, 3.05) is 0 Å². The van der Waals surface area contributed by atoms with Crippen molar-refractivity contribution in [1.82, 2.24) is 5.32 Å². The van der Waals surface area contributed by atoms with E-state index in [-0.39, 0.29) is 10.9 Å². The minimum absolute atomic E-state index is 0.0855. The van der Waals surface area contributed by atoms with Gasteiger partial charge in [-0.1, -0.05) is 22.0 Å². The molecule has 4 nitrogen and oxygen atoms in total. The van der Waals surface area contributed by atoms with Gasteiger partial charge in [0, 0.05) is 10.5 Å². The van der Waals surface area contributed by atoms with Crippen molar-refractivity contribution in [2.24, 2.45) is 0 Å². The fraction of sp³-hybridized carbons (Fsp3) is 0.417. The van der Waals surface area contributed by atoms with Gasteiger partial charge >= 0.3 is 0 Å². The van der Waals surface area contributed by atoms with Crippen LogP contribution in [0.3, 0.4) is 0 Å². The molecule has 1 rings (SSSR count). The normalized spacial score (nSPS) is 13.4. The van der Waals surface area contributed by atoms with Gasteiger partial charge in [0.15, 0.2) is 9.84 Å². The molecule has 1 unspecified atom stereocenters. The maximum absolute atomic E-state index is 12.2. The van der Waals surface area contributed by atoms with Crippen LogP contribution >= 0.6 is 15.9 Å². The molecule has 1 N–H and O–H groups in total. The third-order valence-corrected chi connectivity index (χ3v) is 4.94. The molecule has 0 aliphatic heterocycles. The lowest BCUT2D eigenvalue weighted by Gasteiger charge is -2.15. The van der Waals surface area contributed by atoms with Crippen molar-refractivity contribution in [1.29, 1.82) is 0 Å². The maximum Gasteiger partial charge on any atom is 0.238 e. The average Bonchev–Trinajstić information content (AvgIpc) is 2.27. The zero-order chi connectivity index (χ0) is 13.9. The zero-order valence-electron chi connectivity index (χ0n) is 10.5. The van der Waals surface area contributed by atoms with E-state index in [1.54, 1.807) is 26.0 Å². The zero-order valence-corrected chi connectivity index (χ0v) is 12.9. The molecule has 0 radical (unpaired) electrons. The molecule has 0 aliphatic rings. The number of halogens is 1. The van der Waals surface area contributed by atoms with Gasteiger partial charge < -0.3 is 5.32 Å². The highest BCUT2D eigenvalue weighted by atomic mass is 79.9. The molecule has 1 aromatic carbocycles. The van der Waals surface area contributed by atoms with Crippen molar-refractivity contribution >= 4 is 31.7 Å². The Labute approximate surface area is 116 Å². The smallest absolute Gasteiger partial charge is 0.238 e. The van der Waals surface area contributed by atoms with Crippen LogP contribution in [0.15, 0.2) is 33.6 Å². The Morgan fingerprint density at radius 2 is 1.89 bits per heavy atom. The van der Waals surface area contributed by atoms with Gasteiger partial charge in [0.2, 0.25) is 5.91 Å². The van der Waals surface area contributed by atoms with Crippen LogP contribution in [0.1, 0.15) is 20.8 Å². The quantitative estimate of drug-likeness (QED) is 0.918. The number of amides is 1. The van der Waals surface area contributed by atoms with Crippen LogP contribution in [0.5, 0.6) is 0 Å². The summed E-state index contributed by atoms with van der Waals surface area (Å²) in [7, 11) is -3.65.